The standard InChI is InChI=1S/C12H21NO/c14-10-4-3-9(10)13-11-5-8-12(11)6-1-2-7-12/h9-11,13-14H,1-8H2/t9-,10-,11?/m1/s1. The molecule has 3 atom stereocenters. The molecule has 2 N–H and O–H groups in total. The molecular weight excluding hydrogens is 174 g/mol. The summed E-state index contributed by atoms with van der Waals surface area (Å²) in [6, 6.07) is 1.17. The summed E-state index contributed by atoms with van der Waals surface area (Å²) >= 11 is 0. The van der Waals surface area contributed by atoms with Crippen molar-refractivity contribution in [2.75, 3.05) is 0 Å². The number of nitrogens with one attached hydrogen (secondary N) is 1. The van der Waals surface area contributed by atoms with Crippen molar-refractivity contribution in [2.24, 2.45) is 5.41 Å². The first-order valence-corrected chi connectivity index (χ1v) is 6.24. The third-order valence-corrected chi connectivity index (χ3v) is 4.92. The van der Waals surface area contributed by atoms with Crippen LogP contribution in [0, 0.1) is 5.41 Å². The van der Waals surface area contributed by atoms with E-state index in [1.54, 1.807) is 0 Å². The smallest absolute Gasteiger partial charge is 0.0693 e. The molecule has 3 saturated carbocycles. The van der Waals surface area contributed by atoms with E-state index in [1.165, 1.54) is 44.9 Å². The zero-order valence-electron chi connectivity index (χ0n) is 8.84. The van der Waals surface area contributed by atoms with Gasteiger partial charge in [-0.15, -0.1) is 0 Å². The van der Waals surface area contributed by atoms with Crippen molar-refractivity contribution < 1.29 is 5.11 Å². The molecule has 0 bridgehead atoms. The summed E-state index contributed by atoms with van der Waals surface area (Å²) < 4.78 is 0. The molecule has 1 unspecified atom stereocenters. The minimum absolute atomic E-state index is 0.0472. The summed E-state index contributed by atoms with van der Waals surface area (Å²) in [5.41, 5.74) is 0.662. The number of rotatable bonds is 2. The Morgan fingerprint density at radius 1 is 1.00 bits per heavy atom. The van der Waals surface area contributed by atoms with Gasteiger partial charge in [0.2, 0.25) is 0 Å². The molecule has 0 aliphatic heterocycles. The molecule has 3 rings (SSSR count). The molecule has 3 aliphatic carbocycles. The SMILES string of the molecule is O[C@@H]1CC[C@H]1NC1CCC12CCCC2. The van der Waals surface area contributed by atoms with Crippen molar-refractivity contribution in [2.45, 2.75) is 69.6 Å². The molecule has 3 fully saturated rings. The molecule has 1 spiro atoms. The highest BCUT2D eigenvalue weighted by Crippen LogP contribution is 2.53. The van der Waals surface area contributed by atoms with Crippen LogP contribution in [-0.2, 0) is 0 Å². The Bertz CT molecular complexity index is 222. The zero-order chi connectivity index (χ0) is 9.60. The third kappa shape index (κ3) is 1.24. The van der Waals surface area contributed by atoms with Gasteiger partial charge in [0.1, 0.15) is 0 Å². The molecule has 14 heavy (non-hydrogen) atoms. The van der Waals surface area contributed by atoms with Crippen molar-refractivity contribution in [1.82, 2.24) is 5.32 Å². The molecule has 2 heteroatoms. The van der Waals surface area contributed by atoms with Crippen LogP contribution < -0.4 is 5.32 Å². The fourth-order valence-corrected chi connectivity index (χ4v) is 3.57. The first-order valence-electron chi connectivity index (χ1n) is 6.24. The van der Waals surface area contributed by atoms with Crippen molar-refractivity contribution in [3.8, 4) is 0 Å². The maximum absolute atomic E-state index is 9.54. The second-order valence-corrected chi connectivity index (χ2v) is 5.58. The van der Waals surface area contributed by atoms with Gasteiger partial charge in [-0.25, -0.2) is 0 Å². The fourth-order valence-electron chi connectivity index (χ4n) is 3.57. The average molecular weight is 195 g/mol. The van der Waals surface area contributed by atoms with E-state index in [0.29, 0.717) is 11.5 Å². The van der Waals surface area contributed by atoms with Crippen molar-refractivity contribution in [1.29, 1.82) is 0 Å². The van der Waals surface area contributed by atoms with Crippen molar-refractivity contribution in [3.05, 3.63) is 0 Å². The second-order valence-electron chi connectivity index (χ2n) is 5.58. The molecule has 0 radical (unpaired) electrons. The summed E-state index contributed by atoms with van der Waals surface area (Å²) in [5, 5.41) is 13.2. The van der Waals surface area contributed by atoms with Crippen LogP contribution in [0.15, 0.2) is 0 Å². The molecule has 0 aromatic carbocycles. The van der Waals surface area contributed by atoms with Gasteiger partial charge in [-0.2, -0.15) is 0 Å². The van der Waals surface area contributed by atoms with Crippen LogP contribution in [-0.4, -0.2) is 23.3 Å². The topological polar surface area (TPSA) is 32.3 Å². The fraction of sp³-hybridized carbons (Fsp3) is 1.00. The number of hydrogen-bond acceptors (Lipinski definition) is 2. The van der Waals surface area contributed by atoms with E-state index < -0.39 is 0 Å². The van der Waals surface area contributed by atoms with E-state index in [1.807, 2.05) is 0 Å². The van der Waals surface area contributed by atoms with Crippen LogP contribution in [0.1, 0.15) is 51.4 Å². The van der Waals surface area contributed by atoms with E-state index in [9.17, 15) is 5.11 Å². The van der Waals surface area contributed by atoms with E-state index in [4.69, 9.17) is 0 Å². The van der Waals surface area contributed by atoms with Crippen molar-refractivity contribution in [3.63, 3.8) is 0 Å². The molecule has 0 aromatic rings. The van der Waals surface area contributed by atoms with Gasteiger partial charge in [0.15, 0.2) is 0 Å². The lowest BCUT2D eigenvalue weighted by molar-refractivity contribution is -0.00174. The maximum Gasteiger partial charge on any atom is 0.0693 e. The summed E-state index contributed by atoms with van der Waals surface area (Å²) in [4.78, 5) is 0. The van der Waals surface area contributed by atoms with Crippen LogP contribution >= 0.6 is 0 Å². The molecule has 0 saturated heterocycles. The molecule has 80 valence electrons. The Morgan fingerprint density at radius 2 is 1.79 bits per heavy atom. The van der Waals surface area contributed by atoms with Gasteiger partial charge in [-0.1, -0.05) is 12.8 Å². The predicted molar refractivity (Wildman–Crippen MR) is 56.1 cm³/mol. The molecule has 0 amide bonds. The molecule has 2 nitrogen and oxygen atoms in total. The van der Waals surface area contributed by atoms with Gasteiger partial charge < -0.3 is 10.4 Å². The van der Waals surface area contributed by atoms with E-state index in [0.717, 1.165) is 12.5 Å². The van der Waals surface area contributed by atoms with E-state index in [-0.39, 0.29) is 6.10 Å². The molecule has 3 aliphatic rings. The second kappa shape index (κ2) is 3.21. The normalized spacial score (nSPS) is 44.8. The number of aliphatic hydroxyl groups excluding tert-OH is 1. The maximum atomic E-state index is 9.54. The molecule has 0 aromatic heterocycles. The summed E-state index contributed by atoms with van der Waals surface area (Å²) in [6.07, 6.45) is 10.7. The molecule has 0 heterocycles. The quantitative estimate of drug-likeness (QED) is 0.704. The third-order valence-electron chi connectivity index (χ3n) is 4.92. The van der Waals surface area contributed by atoms with Crippen molar-refractivity contribution >= 4 is 0 Å². The lowest BCUT2D eigenvalue weighted by atomic mass is 9.62. The van der Waals surface area contributed by atoms with Gasteiger partial charge in [-0.05, 0) is 43.9 Å². The largest absolute Gasteiger partial charge is 0.392 e. The summed E-state index contributed by atoms with van der Waals surface area (Å²) in [6.45, 7) is 0. The highest BCUT2D eigenvalue weighted by atomic mass is 16.3. The highest BCUT2D eigenvalue weighted by Gasteiger charge is 2.49. The van der Waals surface area contributed by atoms with Crippen LogP contribution in [0.2, 0.25) is 0 Å². The average Bonchev–Trinajstić information content (AvgIpc) is 2.65. The Kier molecular flexibility index (Phi) is 2.10. The zero-order valence-corrected chi connectivity index (χ0v) is 8.84. The van der Waals surface area contributed by atoms with Crippen LogP contribution in [0.5, 0.6) is 0 Å². The van der Waals surface area contributed by atoms with Gasteiger partial charge in [0, 0.05) is 12.1 Å². The minimum Gasteiger partial charge on any atom is -0.392 e. The first kappa shape index (κ1) is 9.17. The monoisotopic (exact) mass is 195 g/mol. The number of aliphatic hydroxyl groups is 1. The Balaban J connectivity index is 1.58. The lowest BCUT2D eigenvalue weighted by Crippen LogP contribution is -2.60. The lowest BCUT2D eigenvalue weighted by Gasteiger charge is -2.51. The van der Waals surface area contributed by atoms with E-state index >= 15 is 0 Å². The summed E-state index contributed by atoms with van der Waals surface area (Å²) in [5.74, 6) is 0. The summed E-state index contributed by atoms with van der Waals surface area (Å²) in [7, 11) is 0. The van der Waals surface area contributed by atoms with Gasteiger partial charge in [0.05, 0.1) is 6.10 Å². The Hall–Kier alpha value is -0.0800. The highest BCUT2D eigenvalue weighted by molar-refractivity contribution is 5.05. The predicted octanol–water partition coefficient (Wildman–Crippen LogP) is 1.82. The first-order chi connectivity index (χ1) is 6.80. The van der Waals surface area contributed by atoms with Gasteiger partial charge in [0.25, 0.3) is 0 Å². The van der Waals surface area contributed by atoms with Gasteiger partial charge >= 0.3 is 0 Å². The van der Waals surface area contributed by atoms with E-state index in [2.05, 4.69) is 5.32 Å². The number of hydrogen-bond donors (Lipinski definition) is 2. The Labute approximate surface area is 86.1 Å². The van der Waals surface area contributed by atoms with Crippen LogP contribution in [0.3, 0.4) is 0 Å². The minimum atomic E-state index is -0.0472. The Morgan fingerprint density at radius 3 is 2.21 bits per heavy atom. The van der Waals surface area contributed by atoms with Gasteiger partial charge in [-0.3, -0.25) is 0 Å². The van der Waals surface area contributed by atoms with Crippen LogP contribution in [0.25, 0.3) is 0 Å². The van der Waals surface area contributed by atoms with Crippen LogP contribution in [0.4, 0.5) is 0 Å². The molecular formula is C12H21NO.